The third-order valence-corrected chi connectivity index (χ3v) is 3.88. The van der Waals surface area contributed by atoms with Crippen molar-refractivity contribution in [3.8, 4) is 0 Å². The van der Waals surface area contributed by atoms with E-state index >= 15 is 0 Å². The number of nitrogens with one attached hydrogen (secondary N) is 2. The second kappa shape index (κ2) is 7.61. The zero-order chi connectivity index (χ0) is 19.4. The first kappa shape index (κ1) is 18.6. The Labute approximate surface area is 154 Å². The summed E-state index contributed by atoms with van der Waals surface area (Å²) in [5.41, 5.74) is 1.79. The third kappa shape index (κ3) is 4.93. The molecular formula is C19H18F3N5. The van der Waals surface area contributed by atoms with Crippen LogP contribution >= 0.6 is 0 Å². The van der Waals surface area contributed by atoms with E-state index in [9.17, 15) is 13.2 Å². The van der Waals surface area contributed by atoms with Gasteiger partial charge >= 0.3 is 6.18 Å². The molecule has 0 aliphatic rings. The second-order valence-electron chi connectivity index (χ2n) is 6.27. The monoisotopic (exact) mass is 373 g/mol. The van der Waals surface area contributed by atoms with Gasteiger partial charge in [-0.1, -0.05) is 26.0 Å². The maximum absolute atomic E-state index is 12.6. The zero-order valence-corrected chi connectivity index (χ0v) is 14.7. The summed E-state index contributed by atoms with van der Waals surface area (Å²) in [6.07, 6.45) is -2.90. The summed E-state index contributed by atoms with van der Waals surface area (Å²) in [5, 5.41) is 13.7. The predicted molar refractivity (Wildman–Crippen MR) is 98.4 cm³/mol. The van der Waals surface area contributed by atoms with Gasteiger partial charge in [0, 0.05) is 11.4 Å². The Kier molecular flexibility index (Phi) is 5.25. The minimum Gasteiger partial charge on any atom is -0.339 e. The van der Waals surface area contributed by atoms with Crippen molar-refractivity contribution in [1.82, 2.24) is 15.2 Å². The molecule has 2 N–H and O–H groups in total. The van der Waals surface area contributed by atoms with E-state index in [1.54, 1.807) is 0 Å². The Morgan fingerprint density at radius 1 is 0.852 bits per heavy atom. The lowest BCUT2D eigenvalue weighted by molar-refractivity contribution is -0.137. The zero-order valence-electron chi connectivity index (χ0n) is 14.7. The standard InChI is InChI=1S/C19H18F3N5/c1-12(2)13-3-7-15(8-4-13)24-17-11-23-27-18(26-17)25-16-9-5-14(6-10-16)19(20,21)22/h3-12H,1-2H3,(H2,24,25,26,27). The van der Waals surface area contributed by atoms with Crippen LogP contribution in [0.1, 0.15) is 30.9 Å². The highest BCUT2D eigenvalue weighted by Crippen LogP contribution is 2.30. The fourth-order valence-electron chi connectivity index (χ4n) is 2.39. The Hall–Kier alpha value is -3.16. The number of aromatic nitrogens is 3. The molecule has 0 fully saturated rings. The molecular weight excluding hydrogens is 355 g/mol. The molecule has 0 saturated carbocycles. The van der Waals surface area contributed by atoms with Crippen molar-refractivity contribution in [3.63, 3.8) is 0 Å². The highest BCUT2D eigenvalue weighted by atomic mass is 19.4. The lowest BCUT2D eigenvalue weighted by Gasteiger charge is -2.10. The molecule has 1 aromatic heterocycles. The smallest absolute Gasteiger partial charge is 0.339 e. The summed E-state index contributed by atoms with van der Waals surface area (Å²) in [4.78, 5) is 4.27. The number of halogens is 3. The Morgan fingerprint density at radius 3 is 2.04 bits per heavy atom. The molecule has 27 heavy (non-hydrogen) atoms. The molecule has 0 radical (unpaired) electrons. The molecule has 5 nitrogen and oxygen atoms in total. The molecule has 140 valence electrons. The van der Waals surface area contributed by atoms with Gasteiger partial charge in [-0.3, -0.25) is 0 Å². The summed E-state index contributed by atoms with van der Waals surface area (Å²) >= 11 is 0. The number of nitrogens with zero attached hydrogens (tertiary/aromatic N) is 3. The van der Waals surface area contributed by atoms with Crippen LogP contribution in [0.25, 0.3) is 0 Å². The van der Waals surface area contributed by atoms with E-state index in [-0.39, 0.29) is 5.95 Å². The third-order valence-electron chi connectivity index (χ3n) is 3.88. The minimum atomic E-state index is -4.37. The largest absolute Gasteiger partial charge is 0.416 e. The van der Waals surface area contributed by atoms with Crippen LogP contribution in [-0.4, -0.2) is 15.2 Å². The molecule has 0 bridgehead atoms. The molecule has 8 heteroatoms. The molecule has 0 spiro atoms. The van der Waals surface area contributed by atoms with Crippen molar-refractivity contribution in [2.24, 2.45) is 0 Å². The predicted octanol–water partition coefficient (Wildman–Crippen LogP) is 5.50. The first-order chi connectivity index (χ1) is 12.8. The number of hydrogen-bond acceptors (Lipinski definition) is 5. The Morgan fingerprint density at radius 2 is 1.44 bits per heavy atom. The quantitative estimate of drug-likeness (QED) is 0.618. The minimum absolute atomic E-state index is 0.179. The van der Waals surface area contributed by atoms with Crippen molar-refractivity contribution >= 4 is 23.1 Å². The van der Waals surface area contributed by atoms with E-state index in [2.05, 4.69) is 39.7 Å². The number of alkyl halides is 3. The molecule has 3 rings (SSSR count). The van der Waals surface area contributed by atoms with E-state index in [4.69, 9.17) is 0 Å². The van der Waals surface area contributed by atoms with Crippen molar-refractivity contribution < 1.29 is 13.2 Å². The number of hydrogen-bond donors (Lipinski definition) is 2. The molecule has 3 aromatic rings. The second-order valence-corrected chi connectivity index (χ2v) is 6.27. The van der Waals surface area contributed by atoms with Gasteiger partial charge in [0.1, 0.15) is 0 Å². The first-order valence-corrected chi connectivity index (χ1v) is 8.32. The maximum Gasteiger partial charge on any atom is 0.416 e. The summed E-state index contributed by atoms with van der Waals surface area (Å²) in [7, 11) is 0. The lowest BCUT2D eigenvalue weighted by atomic mass is 10.0. The van der Waals surface area contributed by atoms with Crippen molar-refractivity contribution in [2.45, 2.75) is 25.9 Å². The molecule has 2 aromatic carbocycles. The van der Waals surface area contributed by atoms with Crippen molar-refractivity contribution in [3.05, 3.63) is 65.9 Å². The van der Waals surface area contributed by atoms with E-state index in [1.165, 1.54) is 23.9 Å². The molecule has 1 heterocycles. The fourth-order valence-corrected chi connectivity index (χ4v) is 2.39. The van der Waals surface area contributed by atoms with Gasteiger partial charge in [0.2, 0.25) is 5.95 Å². The van der Waals surface area contributed by atoms with Gasteiger partial charge in [0.25, 0.3) is 0 Å². The van der Waals surface area contributed by atoms with Crippen LogP contribution in [0.5, 0.6) is 0 Å². The average molecular weight is 373 g/mol. The fraction of sp³-hybridized carbons (Fsp3) is 0.211. The highest BCUT2D eigenvalue weighted by Gasteiger charge is 2.29. The van der Waals surface area contributed by atoms with Crippen LogP contribution in [0.2, 0.25) is 0 Å². The van der Waals surface area contributed by atoms with E-state index in [0.29, 0.717) is 17.4 Å². The topological polar surface area (TPSA) is 62.7 Å². The lowest BCUT2D eigenvalue weighted by Crippen LogP contribution is -2.05. The summed E-state index contributed by atoms with van der Waals surface area (Å²) in [5.74, 6) is 1.09. The summed E-state index contributed by atoms with van der Waals surface area (Å²) in [6, 6.07) is 12.6. The normalized spacial score (nSPS) is 11.5. The molecule has 0 aliphatic heterocycles. The summed E-state index contributed by atoms with van der Waals surface area (Å²) < 4.78 is 37.8. The van der Waals surface area contributed by atoms with Gasteiger partial charge in [0.15, 0.2) is 5.82 Å². The molecule has 0 aliphatic carbocycles. The molecule has 0 unspecified atom stereocenters. The van der Waals surface area contributed by atoms with Crippen LogP contribution in [0.3, 0.4) is 0 Å². The van der Waals surface area contributed by atoms with E-state index < -0.39 is 11.7 Å². The van der Waals surface area contributed by atoms with E-state index in [1.807, 2.05) is 24.3 Å². The van der Waals surface area contributed by atoms with Gasteiger partial charge in [-0.15, -0.1) is 5.10 Å². The molecule has 0 atom stereocenters. The van der Waals surface area contributed by atoms with Crippen LogP contribution < -0.4 is 10.6 Å². The van der Waals surface area contributed by atoms with Crippen LogP contribution in [0.4, 0.5) is 36.3 Å². The van der Waals surface area contributed by atoms with Gasteiger partial charge < -0.3 is 10.6 Å². The van der Waals surface area contributed by atoms with Gasteiger partial charge in [-0.05, 0) is 47.9 Å². The summed E-state index contributed by atoms with van der Waals surface area (Å²) in [6.45, 7) is 4.24. The number of anilines is 4. The first-order valence-electron chi connectivity index (χ1n) is 8.32. The SMILES string of the molecule is CC(C)c1ccc(Nc2cnnc(Nc3ccc(C(F)(F)F)cc3)n2)cc1. The molecule has 0 amide bonds. The van der Waals surface area contributed by atoms with Crippen molar-refractivity contribution in [1.29, 1.82) is 0 Å². The van der Waals surface area contributed by atoms with Crippen LogP contribution in [-0.2, 0) is 6.18 Å². The van der Waals surface area contributed by atoms with Gasteiger partial charge in [-0.25, -0.2) is 0 Å². The average Bonchev–Trinajstić information content (AvgIpc) is 2.62. The van der Waals surface area contributed by atoms with E-state index in [0.717, 1.165) is 17.8 Å². The van der Waals surface area contributed by atoms with Gasteiger partial charge in [-0.2, -0.15) is 23.3 Å². The molecule has 0 saturated heterocycles. The van der Waals surface area contributed by atoms with Crippen molar-refractivity contribution in [2.75, 3.05) is 10.6 Å². The number of rotatable bonds is 5. The number of benzene rings is 2. The maximum atomic E-state index is 12.6. The van der Waals surface area contributed by atoms with Crippen LogP contribution in [0, 0.1) is 0 Å². The highest BCUT2D eigenvalue weighted by molar-refractivity contribution is 5.59. The van der Waals surface area contributed by atoms with Crippen LogP contribution in [0.15, 0.2) is 54.7 Å². The Balaban J connectivity index is 1.70. The van der Waals surface area contributed by atoms with Gasteiger partial charge in [0.05, 0.1) is 11.8 Å². The Bertz CT molecular complexity index is 890.